The van der Waals surface area contributed by atoms with Crippen molar-refractivity contribution in [1.29, 1.82) is 0 Å². The molecule has 0 aromatic carbocycles. The summed E-state index contributed by atoms with van der Waals surface area (Å²) in [5.74, 6) is 1.69. The normalized spacial score (nSPS) is 27.6. The van der Waals surface area contributed by atoms with Crippen molar-refractivity contribution in [1.82, 2.24) is 24.6 Å². The predicted molar refractivity (Wildman–Crippen MR) is 128 cm³/mol. The van der Waals surface area contributed by atoms with Crippen LogP contribution in [0.3, 0.4) is 0 Å². The summed E-state index contributed by atoms with van der Waals surface area (Å²) in [6, 6.07) is -0.663. The summed E-state index contributed by atoms with van der Waals surface area (Å²) in [4.78, 5) is 24.5. The van der Waals surface area contributed by atoms with Gasteiger partial charge in [-0.15, -0.1) is 6.42 Å². The third kappa shape index (κ3) is 5.30. The van der Waals surface area contributed by atoms with E-state index in [1.54, 1.807) is 13.8 Å². The van der Waals surface area contributed by atoms with E-state index in [1.165, 1.54) is 17.8 Å². The second-order valence-electron chi connectivity index (χ2n) is 9.01. The minimum Gasteiger partial charge on any atom is -0.462 e. The van der Waals surface area contributed by atoms with Crippen molar-refractivity contribution >= 4 is 37.1 Å². The molecule has 2 fully saturated rings. The molecular weight excluding hydrogens is 496 g/mol. The summed E-state index contributed by atoms with van der Waals surface area (Å²) in [7, 11) is -2.97. The molecule has 4 rings (SSSR count). The maximum atomic E-state index is 15.9. The SMILES string of the molecule is C#C[C@@]1(F)[C@H](O)[C@@H](CO[PH](=O)N[C@H](C)C(=O)OC(C)C)O[C@H]1n1cnc2c(NC3CC3)nc(N)nc21. The zero-order chi connectivity index (χ0) is 26.2. The number of aromatic nitrogens is 4. The third-order valence-electron chi connectivity index (χ3n) is 5.69. The van der Waals surface area contributed by atoms with Gasteiger partial charge < -0.3 is 30.2 Å². The molecule has 1 aliphatic heterocycles. The van der Waals surface area contributed by atoms with Crippen LogP contribution >= 0.6 is 8.18 Å². The van der Waals surface area contributed by atoms with Gasteiger partial charge in [0.05, 0.1) is 19.0 Å². The molecule has 0 spiro atoms. The molecule has 36 heavy (non-hydrogen) atoms. The molecule has 196 valence electrons. The Labute approximate surface area is 207 Å². The van der Waals surface area contributed by atoms with Gasteiger partial charge in [0.1, 0.15) is 18.2 Å². The minimum atomic E-state index is -2.97. The van der Waals surface area contributed by atoms with Gasteiger partial charge in [-0.1, -0.05) is 5.92 Å². The van der Waals surface area contributed by atoms with E-state index < -0.39 is 50.9 Å². The molecule has 0 amide bonds. The lowest BCUT2D eigenvalue weighted by Crippen LogP contribution is -2.42. The number of terminal acetylenes is 1. The van der Waals surface area contributed by atoms with Crippen molar-refractivity contribution in [2.45, 2.75) is 75.9 Å². The Bertz CT molecular complexity index is 1200. The third-order valence-corrected chi connectivity index (χ3v) is 6.79. The van der Waals surface area contributed by atoms with E-state index in [0.29, 0.717) is 11.3 Å². The van der Waals surface area contributed by atoms with Gasteiger partial charge in [0.2, 0.25) is 11.6 Å². The van der Waals surface area contributed by atoms with Crippen molar-refractivity contribution < 1.29 is 32.9 Å². The molecule has 1 aliphatic carbocycles. The smallest absolute Gasteiger partial charge is 0.323 e. The average Bonchev–Trinajstić information content (AvgIpc) is 3.48. The standard InChI is InChI=1S/C21H29FN7O6P/c1-5-21(22)15(30)13(8-33-36(32)28-11(4)18(31)34-10(2)3)35-19(21)29-9-24-14-16(25-12-6-7-12)26-20(23)27-17(14)29/h1,9-13,15,19,30,36H,6-8H2,2-4H3,(H,28,32)(H3,23,25,26,27)/t11-,13-,15-,19-,21-/m1/s1. The second kappa shape index (κ2) is 10.3. The topological polar surface area (TPSA) is 176 Å². The average molecular weight is 525 g/mol. The van der Waals surface area contributed by atoms with Gasteiger partial charge in [0.25, 0.3) is 8.18 Å². The molecule has 15 heteroatoms. The first-order chi connectivity index (χ1) is 17.0. The van der Waals surface area contributed by atoms with E-state index in [4.69, 9.17) is 26.2 Å². The van der Waals surface area contributed by atoms with E-state index in [2.05, 4.69) is 25.4 Å². The van der Waals surface area contributed by atoms with Crippen LogP contribution < -0.4 is 16.1 Å². The number of nitrogens with one attached hydrogen (secondary N) is 2. The highest BCUT2D eigenvalue weighted by molar-refractivity contribution is 7.36. The van der Waals surface area contributed by atoms with Gasteiger partial charge in [-0.05, 0) is 33.6 Å². The van der Waals surface area contributed by atoms with Crippen LogP contribution in [0.25, 0.3) is 11.2 Å². The van der Waals surface area contributed by atoms with Crippen LogP contribution in [0.1, 0.15) is 39.8 Å². The number of nitrogens with two attached hydrogens (primary N) is 1. The number of fused-ring (bicyclic) bond motifs is 1. The molecule has 13 nitrogen and oxygen atoms in total. The fraction of sp³-hybridized carbons (Fsp3) is 0.619. The number of hydrogen-bond donors (Lipinski definition) is 4. The van der Waals surface area contributed by atoms with Gasteiger partial charge in [0.15, 0.2) is 23.2 Å². The summed E-state index contributed by atoms with van der Waals surface area (Å²) < 4.78 is 45.4. The molecule has 0 bridgehead atoms. The highest BCUT2D eigenvalue weighted by Crippen LogP contribution is 2.43. The summed E-state index contributed by atoms with van der Waals surface area (Å²) in [5.41, 5.74) is 3.66. The number of nitrogens with zero attached hydrogens (tertiary/aromatic N) is 4. The molecule has 5 N–H and O–H groups in total. The summed E-state index contributed by atoms with van der Waals surface area (Å²) in [6.07, 6.45) is 3.70. The molecule has 2 aromatic heterocycles. The summed E-state index contributed by atoms with van der Waals surface area (Å²) >= 11 is 0. The zero-order valence-electron chi connectivity index (χ0n) is 20.0. The fourth-order valence-electron chi connectivity index (χ4n) is 3.71. The Hall–Kier alpha value is -2.82. The minimum absolute atomic E-state index is 0.0641. The van der Waals surface area contributed by atoms with E-state index in [9.17, 15) is 14.5 Å². The number of hydrogen-bond acceptors (Lipinski definition) is 11. The number of anilines is 2. The number of halogens is 1. The van der Waals surface area contributed by atoms with E-state index in [0.717, 1.165) is 12.8 Å². The number of aliphatic hydroxyl groups excluding tert-OH is 1. The first-order valence-corrected chi connectivity index (χ1v) is 12.8. The Morgan fingerprint density at radius 1 is 1.47 bits per heavy atom. The molecule has 6 atom stereocenters. The van der Waals surface area contributed by atoms with Crippen molar-refractivity contribution in [3.8, 4) is 12.3 Å². The van der Waals surface area contributed by atoms with E-state index >= 15 is 4.39 Å². The molecular formula is C21H29FN7O6P. The molecule has 0 radical (unpaired) electrons. The van der Waals surface area contributed by atoms with Crippen molar-refractivity contribution in [2.75, 3.05) is 17.7 Å². The largest absolute Gasteiger partial charge is 0.462 e. The Morgan fingerprint density at radius 3 is 2.83 bits per heavy atom. The molecule has 2 aliphatic rings. The number of carbonyl (C=O) groups is 1. The van der Waals surface area contributed by atoms with Crippen LogP contribution in [0.2, 0.25) is 0 Å². The lowest BCUT2D eigenvalue weighted by atomic mass is 9.97. The zero-order valence-corrected chi connectivity index (χ0v) is 21.0. The maximum absolute atomic E-state index is 15.9. The van der Waals surface area contributed by atoms with Gasteiger partial charge in [-0.3, -0.25) is 13.9 Å². The van der Waals surface area contributed by atoms with Crippen LogP contribution in [0.4, 0.5) is 16.2 Å². The van der Waals surface area contributed by atoms with Crippen LogP contribution in [0.5, 0.6) is 0 Å². The number of rotatable bonds is 10. The lowest BCUT2D eigenvalue weighted by molar-refractivity contribution is -0.149. The monoisotopic (exact) mass is 525 g/mol. The quantitative estimate of drug-likeness (QED) is 0.196. The van der Waals surface area contributed by atoms with Gasteiger partial charge in [0, 0.05) is 6.04 Å². The second-order valence-corrected chi connectivity index (χ2v) is 10.2. The summed E-state index contributed by atoms with van der Waals surface area (Å²) in [5, 5.41) is 16.3. The van der Waals surface area contributed by atoms with Crippen molar-refractivity contribution in [3.05, 3.63) is 6.33 Å². The number of ether oxygens (including phenoxy) is 2. The first-order valence-electron chi connectivity index (χ1n) is 11.4. The molecule has 3 heterocycles. The highest BCUT2D eigenvalue weighted by Gasteiger charge is 2.58. The van der Waals surface area contributed by atoms with Gasteiger partial charge in [-0.25, -0.2) is 14.5 Å². The van der Waals surface area contributed by atoms with Crippen LogP contribution in [0, 0.1) is 12.3 Å². The Morgan fingerprint density at radius 2 is 2.19 bits per heavy atom. The van der Waals surface area contributed by atoms with Gasteiger partial charge in [-0.2, -0.15) is 9.97 Å². The number of imidazole rings is 1. The Kier molecular flexibility index (Phi) is 7.49. The summed E-state index contributed by atoms with van der Waals surface area (Å²) in [6.45, 7) is 4.35. The fourth-order valence-corrected chi connectivity index (χ4v) is 4.58. The number of aliphatic hydroxyl groups is 1. The number of alkyl halides is 1. The van der Waals surface area contributed by atoms with Crippen molar-refractivity contribution in [2.24, 2.45) is 0 Å². The van der Waals surface area contributed by atoms with Crippen LogP contribution in [-0.2, 0) is 23.4 Å². The van der Waals surface area contributed by atoms with E-state index in [-0.39, 0.29) is 23.7 Å². The maximum Gasteiger partial charge on any atom is 0.323 e. The highest BCUT2D eigenvalue weighted by atomic mass is 31.1. The van der Waals surface area contributed by atoms with E-state index in [1.807, 2.05) is 5.92 Å². The number of nitrogen functional groups attached to an aromatic ring is 1. The number of carbonyl (C=O) groups excluding carboxylic acids is 1. The van der Waals surface area contributed by atoms with Crippen LogP contribution in [0.15, 0.2) is 6.33 Å². The first kappa shape index (κ1) is 26.2. The lowest BCUT2D eigenvalue weighted by Gasteiger charge is -2.23. The molecule has 1 unspecified atom stereocenters. The predicted octanol–water partition coefficient (Wildman–Crippen LogP) is 0.919. The number of esters is 1. The van der Waals surface area contributed by atoms with Gasteiger partial charge >= 0.3 is 5.97 Å². The molecule has 2 aromatic rings. The Balaban J connectivity index is 1.49. The molecule has 1 saturated carbocycles. The van der Waals surface area contributed by atoms with Crippen molar-refractivity contribution in [3.63, 3.8) is 0 Å². The molecule has 1 saturated heterocycles. The van der Waals surface area contributed by atoms with Crippen LogP contribution in [-0.4, -0.2) is 73.3 Å².